The zero-order chi connectivity index (χ0) is 13.4. The van der Waals surface area contributed by atoms with E-state index < -0.39 is 0 Å². The van der Waals surface area contributed by atoms with E-state index in [0.29, 0.717) is 18.6 Å². The summed E-state index contributed by atoms with van der Waals surface area (Å²) < 4.78 is 1.80. The maximum Gasteiger partial charge on any atom is 0.214 e. The summed E-state index contributed by atoms with van der Waals surface area (Å²) in [6.45, 7) is 0. The van der Waals surface area contributed by atoms with Gasteiger partial charge in [0.15, 0.2) is 0 Å². The molecule has 18 heavy (non-hydrogen) atoms. The molecule has 94 valence electrons. The highest BCUT2D eigenvalue weighted by Gasteiger charge is 2.21. The Morgan fingerprint density at radius 1 is 1.22 bits per heavy atom. The molecule has 0 saturated carbocycles. The second kappa shape index (κ2) is 5.36. The Hall–Kier alpha value is -0.300. The third kappa shape index (κ3) is 2.52. The van der Waals surface area contributed by atoms with E-state index in [1.54, 1.807) is 12.1 Å². The smallest absolute Gasteiger partial charge is 0.214 e. The van der Waals surface area contributed by atoms with Gasteiger partial charge in [0.2, 0.25) is 5.78 Å². The summed E-state index contributed by atoms with van der Waals surface area (Å²) >= 11 is 15.6. The number of ketones is 1. The van der Waals surface area contributed by atoms with Crippen LogP contribution in [0.15, 0.2) is 31.6 Å². The van der Waals surface area contributed by atoms with Crippen molar-refractivity contribution >= 4 is 65.2 Å². The lowest BCUT2D eigenvalue weighted by atomic mass is 10.1. The van der Waals surface area contributed by atoms with E-state index in [9.17, 15) is 9.90 Å². The standard InChI is InChI=1S/C11H5Br3ClNO2/c12-4-1-2-6(17)5(3-4)10(18)9-7(13)8(14)11(15)16-9/h1-3,16-17H. The number of H-pyrrole nitrogens is 1. The molecular weight excluding hydrogens is 453 g/mol. The number of phenols is 1. The number of hydrogen-bond acceptors (Lipinski definition) is 2. The monoisotopic (exact) mass is 455 g/mol. The van der Waals surface area contributed by atoms with Crippen LogP contribution in [0.4, 0.5) is 0 Å². The second-order valence-corrected chi connectivity index (χ2v) is 6.31. The van der Waals surface area contributed by atoms with Crippen molar-refractivity contribution in [2.24, 2.45) is 0 Å². The van der Waals surface area contributed by atoms with Crippen molar-refractivity contribution in [3.05, 3.63) is 48.0 Å². The van der Waals surface area contributed by atoms with Crippen LogP contribution in [0.1, 0.15) is 16.1 Å². The summed E-state index contributed by atoms with van der Waals surface area (Å²) in [6, 6.07) is 4.65. The first-order valence-electron chi connectivity index (χ1n) is 4.67. The Labute approximate surface area is 133 Å². The molecule has 1 heterocycles. The average Bonchev–Trinajstić information content (AvgIpc) is 2.59. The molecule has 0 unspecified atom stereocenters. The maximum absolute atomic E-state index is 12.3. The van der Waals surface area contributed by atoms with Crippen molar-refractivity contribution in [2.75, 3.05) is 0 Å². The highest BCUT2D eigenvalue weighted by molar-refractivity contribution is 9.13. The molecule has 0 atom stereocenters. The number of carbonyl (C=O) groups is 1. The van der Waals surface area contributed by atoms with Gasteiger partial charge in [-0.05, 0) is 50.1 Å². The number of phenolic OH excluding ortho intramolecular Hbond substituents is 1. The molecule has 0 radical (unpaired) electrons. The van der Waals surface area contributed by atoms with Crippen molar-refractivity contribution in [3.8, 4) is 5.75 Å². The van der Waals surface area contributed by atoms with Gasteiger partial charge >= 0.3 is 0 Å². The number of halogens is 4. The van der Waals surface area contributed by atoms with Crippen LogP contribution >= 0.6 is 59.4 Å². The quantitative estimate of drug-likeness (QED) is 0.630. The molecule has 0 aliphatic rings. The summed E-state index contributed by atoms with van der Waals surface area (Å²) in [5.74, 6) is -0.440. The zero-order valence-corrected chi connectivity index (χ0v) is 14.1. The van der Waals surface area contributed by atoms with E-state index in [4.69, 9.17) is 11.6 Å². The van der Waals surface area contributed by atoms with E-state index in [-0.39, 0.29) is 22.8 Å². The van der Waals surface area contributed by atoms with Crippen molar-refractivity contribution in [1.29, 1.82) is 0 Å². The van der Waals surface area contributed by atoms with E-state index in [1.165, 1.54) is 6.07 Å². The summed E-state index contributed by atoms with van der Waals surface area (Å²) in [5, 5.41) is 10.0. The van der Waals surface area contributed by atoms with Gasteiger partial charge in [-0.25, -0.2) is 0 Å². The van der Waals surface area contributed by atoms with E-state index in [1.807, 2.05) is 0 Å². The zero-order valence-electron chi connectivity index (χ0n) is 8.60. The van der Waals surface area contributed by atoms with Crippen molar-refractivity contribution in [3.63, 3.8) is 0 Å². The summed E-state index contributed by atoms with van der Waals surface area (Å²) in [6.07, 6.45) is 0. The lowest BCUT2D eigenvalue weighted by Gasteiger charge is -2.03. The summed E-state index contributed by atoms with van der Waals surface area (Å²) in [7, 11) is 0. The fourth-order valence-electron chi connectivity index (χ4n) is 1.41. The highest BCUT2D eigenvalue weighted by Crippen LogP contribution is 2.35. The largest absolute Gasteiger partial charge is 0.507 e. The number of aromatic amines is 1. The average molecular weight is 458 g/mol. The van der Waals surface area contributed by atoms with Crippen molar-refractivity contribution in [1.82, 2.24) is 4.98 Å². The van der Waals surface area contributed by atoms with Crippen LogP contribution in [0, 0.1) is 0 Å². The first-order chi connectivity index (χ1) is 8.41. The van der Waals surface area contributed by atoms with Gasteiger partial charge in [0.1, 0.15) is 16.6 Å². The number of hydrogen-bond donors (Lipinski definition) is 2. The van der Waals surface area contributed by atoms with Crippen LogP contribution in [0.5, 0.6) is 5.75 Å². The van der Waals surface area contributed by atoms with Gasteiger partial charge in [0.05, 0.1) is 14.5 Å². The summed E-state index contributed by atoms with van der Waals surface area (Å²) in [5.41, 5.74) is 0.468. The molecule has 0 bridgehead atoms. The normalized spacial score (nSPS) is 10.7. The second-order valence-electron chi connectivity index (χ2n) is 3.43. The molecule has 0 aliphatic carbocycles. The molecule has 2 rings (SSSR count). The molecule has 0 fully saturated rings. The third-order valence-electron chi connectivity index (χ3n) is 2.27. The number of aromatic nitrogens is 1. The molecule has 0 aliphatic heterocycles. The van der Waals surface area contributed by atoms with Crippen molar-refractivity contribution in [2.45, 2.75) is 0 Å². The molecule has 2 N–H and O–H groups in total. The predicted octanol–water partition coefficient (Wildman–Crippen LogP) is 4.89. The predicted molar refractivity (Wildman–Crippen MR) is 80.4 cm³/mol. The molecule has 0 spiro atoms. The third-order valence-corrected chi connectivity index (χ3v) is 5.39. The first kappa shape index (κ1) is 14.1. The van der Waals surface area contributed by atoms with Gasteiger partial charge in [-0.15, -0.1) is 0 Å². The Kier molecular flexibility index (Phi) is 4.21. The van der Waals surface area contributed by atoms with Gasteiger partial charge in [-0.2, -0.15) is 0 Å². The van der Waals surface area contributed by atoms with Gasteiger partial charge in [-0.3, -0.25) is 4.79 Å². The van der Waals surface area contributed by atoms with E-state index in [2.05, 4.69) is 52.8 Å². The van der Waals surface area contributed by atoms with E-state index in [0.717, 1.165) is 0 Å². The molecule has 1 aromatic heterocycles. The lowest BCUT2D eigenvalue weighted by Crippen LogP contribution is -2.03. The Morgan fingerprint density at radius 3 is 2.44 bits per heavy atom. The van der Waals surface area contributed by atoms with Gasteiger partial charge < -0.3 is 10.1 Å². The van der Waals surface area contributed by atoms with Crippen LogP contribution < -0.4 is 0 Å². The van der Waals surface area contributed by atoms with Crippen LogP contribution in [0.3, 0.4) is 0 Å². The van der Waals surface area contributed by atoms with Crippen LogP contribution in [-0.2, 0) is 0 Å². The highest BCUT2D eigenvalue weighted by atomic mass is 79.9. The fourth-order valence-corrected chi connectivity index (χ4v) is 2.85. The molecule has 1 aromatic carbocycles. The number of benzene rings is 1. The van der Waals surface area contributed by atoms with Gasteiger partial charge in [0.25, 0.3) is 0 Å². The van der Waals surface area contributed by atoms with Gasteiger partial charge in [-0.1, -0.05) is 27.5 Å². The van der Waals surface area contributed by atoms with Crippen LogP contribution in [0.25, 0.3) is 0 Å². The Morgan fingerprint density at radius 2 is 1.89 bits per heavy atom. The Balaban J connectivity index is 2.54. The van der Waals surface area contributed by atoms with Crippen LogP contribution in [-0.4, -0.2) is 15.9 Å². The minimum atomic E-state index is -0.353. The number of carbonyl (C=O) groups excluding carboxylic acids is 1. The molecule has 0 amide bonds. The SMILES string of the molecule is O=C(c1cc(Br)ccc1O)c1[nH]c(Cl)c(Br)c1Br. The summed E-state index contributed by atoms with van der Waals surface area (Å²) in [4.78, 5) is 15.0. The molecule has 0 saturated heterocycles. The topological polar surface area (TPSA) is 53.1 Å². The number of rotatable bonds is 2. The molecular formula is C11H5Br3ClNO2. The van der Waals surface area contributed by atoms with Crippen LogP contribution in [0.2, 0.25) is 5.15 Å². The number of nitrogens with one attached hydrogen (secondary N) is 1. The lowest BCUT2D eigenvalue weighted by molar-refractivity contribution is 0.103. The van der Waals surface area contributed by atoms with Crippen molar-refractivity contribution < 1.29 is 9.90 Å². The fraction of sp³-hybridized carbons (Fsp3) is 0. The molecule has 7 heteroatoms. The number of aromatic hydroxyl groups is 1. The minimum Gasteiger partial charge on any atom is -0.507 e. The van der Waals surface area contributed by atoms with E-state index >= 15 is 0 Å². The molecule has 3 nitrogen and oxygen atoms in total. The molecule has 2 aromatic rings. The Bertz CT molecular complexity index is 639. The minimum absolute atomic E-state index is 0.0862. The van der Waals surface area contributed by atoms with Gasteiger partial charge in [0, 0.05) is 4.47 Å². The maximum atomic E-state index is 12.3. The first-order valence-corrected chi connectivity index (χ1v) is 7.43.